The van der Waals surface area contributed by atoms with Crippen LogP contribution in [0.1, 0.15) is 19.8 Å². The molecule has 1 aromatic rings. The fourth-order valence-electron chi connectivity index (χ4n) is 2.42. The Labute approximate surface area is 144 Å². The predicted octanol–water partition coefficient (Wildman–Crippen LogP) is 1.68. The molecular weight excluding hydrogens is 332 g/mol. The van der Waals surface area contributed by atoms with Gasteiger partial charge in [-0.1, -0.05) is 12.1 Å². The van der Waals surface area contributed by atoms with Crippen molar-refractivity contribution in [1.82, 2.24) is 5.06 Å². The number of esters is 1. The number of anilines is 1. The summed E-state index contributed by atoms with van der Waals surface area (Å²) in [6, 6.07) is 7.53. The van der Waals surface area contributed by atoms with Crippen LogP contribution in [0.5, 0.6) is 0 Å². The number of hydroxylamine groups is 2. The van der Waals surface area contributed by atoms with E-state index in [1.165, 1.54) is 18.7 Å². The van der Waals surface area contributed by atoms with Gasteiger partial charge in [0, 0.05) is 18.4 Å². The van der Waals surface area contributed by atoms with E-state index < -0.39 is 5.25 Å². The zero-order chi connectivity index (χ0) is 17.5. The number of amides is 2. The molecule has 1 aliphatic heterocycles. The smallest absolute Gasteiger partial charge is 0.302 e. The number of benzene rings is 1. The van der Waals surface area contributed by atoms with E-state index in [1.807, 2.05) is 24.3 Å². The van der Waals surface area contributed by atoms with Gasteiger partial charge in [-0.05, 0) is 25.0 Å². The second-order valence-electron chi connectivity index (χ2n) is 5.34. The molecule has 8 heteroatoms. The van der Waals surface area contributed by atoms with Crippen LogP contribution in [0.4, 0.5) is 5.69 Å². The molecule has 0 aromatic heterocycles. The molecule has 1 aromatic carbocycles. The average Bonchev–Trinajstić information content (AvgIpc) is 2.56. The van der Waals surface area contributed by atoms with Gasteiger partial charge in [0.15, 0.2) is 0 Å². The highest BCUT2D eigenvalue weighted by Gasteiger charge is 2.34. The van der Waals surface area contributed by atoms with Crippen LogP contribution in [0.2, 0.25) is 0 Å². The number of carbonyl (C=O) groups is 3. The zero-order valence-corrected chi connectivity index (χ0v) is 14.2. The molecule has 2 rings (SSSR count). The Balaban J connectivity index is 2.04. The number of fused-ring (bicyclic) bond motifs is 1. The van der Waals surface area contributed by atoms with Gasteiger partial charge in [-0.2, -0.15) is 0 Å². The highest BCUT2D eigenvalue weighted by Crippen LogP contribution is 2.39. The van der Waals surface area contributed by atoms with E-state index in [0.29, 0.717) is 31.1 Å². The van der Waals surface area contributed by atoms with Crippen molar-refractivity contribution in [3.63, 3.8) is 0 Å². The molecule has 24 heavy (non-hydrogen) atoms. The molecule has 1 heterocycles. The quantitative estimate of drug-likeness (QED) is 0.252. The lowest BCUT2D eigenvalue weighted by molar-refractivity contribution is -0.150. The highest BCUT2D eigenvalue weighted by atomic mass is 32.2. The van der Waals surface area contributed by atoms with Gasteiger partial charge in [-0.25, -0.2) is 5.06 Å². The van der Waals surface area contributed by atoms with Crippen LogP contribution in [0.3, 0.4) is 0 Å². The summed E-state index contributed by atoms with van der Waals surface area (Å²) in [6.45, 7) is 2.11. The van der Waals surface area contributed by atoms with Crippen LogP contribution in [-0.4, -0.2) is 53.5 Å². The van der Waals surface area contributed by atoms with Crippen molar-refractivity contribution >= 4 is 35.7 Å². The second-order valence-corrected chi connectivity index (χ2v) is 6.58. The number of rotatable bonds is 8. The van der Waals surface area contributed by atoms with E-state index >= 15 is 0 Å². The van der Waals surface area contributed by atoms with E-state index in [4.69, 9.17) is 4.74 Å². The third-order valence-electron chi connectivity index (χ3n) is 3.52. The van der Waals surface area contributed by atoms with Crippen molar-refractivity contribution < 1.29 is 24.3 Å². The van der Waals surface area contributed by atoms with Crippen LogP contribution < -0.4 is 4.90 Å². The summed E-state index contributed by atoms with van der Waals surface area (Å²) < 4.78 is 4.89. The van der Waals surface area contributed by atoms with Crippen LogP contribution in [-0.2, 0) is 19.1 Å². The standard InChI is InChI=1S/C16H20N2O5S/c1-12(20)23-9-5-4-8-18-13-6-2-3-7-14(13)24-15(16(18)21)10-17(22)11-19/h2-3,6-7,11,15,22H,4-5,8-10H2,1H3. The first kappa shape index (κ1) is 18.3. The SMILES string of the molecule is CC(=O)OCCCCN1C(=O)C(CN(O)C=O)Sc2ccccc21. The maximum Gasteiger partial charge on any atom is 0.302 e. The van der Waals surface area contributed by atoms with Gasteiger partial charge in [0.05, 0.1) is 18.8 Å². The summed E-state index contributed by atoms with van der Waals surface area (Å²) in [5.74, 6) is -0.463. The Morgan fingerprint density at radius 1 is 1.42 bits per heavy atom. The van der Waals surface area contributed by atoms with E-state index in [0.717, 1.165) is 10.6 Å². The monoisotopic (exact) mass is 352 g/mol. The molecule has 0 aliphatic carbocycles. The van der Waals surface area contributed by atoms with Gasteiger partial charge in [0.1, 0.15) is 5.25 Å². The van der Waals surface area contributed by atoms with Crippen LogP contribution >= 0.6 is 11.8 Å². The first-order valence-corrected chi connectivity index (χ1v) is 8.52. The summed E-state index contributed by atoms with van der Waals surface area (Å²) in [6.07, 6.45) is 1.63. The van der Waals surface area contributed by atoms with Crippen molar-refractivity contribution in [3.8, 4) is 0 Å². The van der Waals surface area contributed by atoms with Gasteiger partial charge >= 0.3 is 5.97 Å². The first-order chi connectivity index (χ1) is 11.5. The summed E-state index contributed by atoms with van der Waals surface area (Å²) >= 11 is 1.34. The molecule has 0 saturated carbocycles. The van der Waals surface area contributed by atoms with Crippen LogP contribution in [0, 0.1) is 0 Å². The minimum Gasteiger partial charge on any atom is -0.466 e. The van der Waals surface area contributed by atoms with E-state index in [-0.39, 0.29) is 24.8 Å². The number of unbranched alkanes of at least 4 members (excludes halogenated alkanes) is 1. The molecule has 0 radical (unpaired) electrons. The Morgan fingerprint density at radius 2 is 2.17 bits per heavy atom. The molecule has 1 N–H and O–H groups in total. The van der Waals surface area contributed by atoms with E-state index in [1.54, 1.807) is 4.90 Å². The minimum atomic E-state index is -0.552. The molecule has 0 fully saturated rings. The van der Waals surface area contributed by atoms with Gasteiger partial charge in [-0.15, -0.1) is 11.8 Å². The average molecular weight is 352 g/mol. The summed E-state index contributed by atoms with van der Waals surface area (Å²) in [5, 5.41) is 9.33. The second kappa shape index (κ2) is 8.70. The maximum absolute atomic E-state index is 12.7. The third kappa shape index (κ3) is 4.72. The molecule has 0 bridgehead atoms. The number of hydrogen-bond donors (Lipinski definition) is 1. The molecular formula is C16H20N2O5S. The zero-order valence-electron chi connectivity index (χ0n) is 13.4. The number of ether oxygens (including phenoxy) is 1. The number of thioether (sulfide) groups is 1. The molecule has 130 valence electrons. The highest BCUT2D eigenvalue weighted by molar-refractivity contribution is 8.01. The Hall–Kier alpha value is -2.06. The molecule has 7 nitrogen and oxygen atoms in total. The summed E-state index contributed by atoms with van der Waals surface area (Å²) in [5.41, 5.74) is 0.826. The van der Waals surface area contributed by atoms with Gasteiger partial charge in [0.2, 0.25) is 12.3 Å². The molecule has 1 aliphatic rings. The first-order valence-electron chi connectivity index (χ1n) is 7.64. The van der Waals surface area contributed by atoms with Gasteiger partial charge < -0.3 is 9.64 Å². The van der Waals surface area contributed by atoms with Crippen molar-refractivity contribution in [3.05, 3.63) is 24.3 Å². The molecule has 2 amide bonds. The van der Waals surface area contributed by atoms with Crippen LogP contribution in [0.25, 0.3) is 0 Å². The van der Waals surface area contributed by atoms with Gasteiger partial charge in [-0.3, -0.25) is 19.6 Å². The molecule has 1 unspecified atom stereocenters. The van der Waals surface area contributed by atoms with E-state index in [9.17, 15) is 19.6 Å². The van der Waals surface area contributed by atoms with E-state index in [2.05, 4.69) is 0 Å². The molecule has 0 saturated heterocycles. The normalized spacial score (nSPS) is 16.5. The van der Waals surface area contributed by atoms with Crippen molar-refractivity contribution in [1.29, 1.82) is 0 Å². The molecule has 1 atom stereocenters. The molecule has 0 spiro atoms. The Kier molecular flexibility index (Phi) is 6.62. The third-order valence-corrected chi connectivity index (χ3v) is 4.76. The van der Waals surface area contributed by atoms with Gasteiger partial charge in [0.25, 0.3) is 0 Å². The van der Waals surface area contributed by atoms with Crippen LogP contribution in [0.15, 0.2) is 29.2 Å². The number of carbonyl (C=O) groups excluding carboxylic acids is 3. The fraction of sp³-hybridized carbons (Fsp3) is 0.438. The topological polar surface area (TPSA) is 87.2 Å². The predicted molar refractivity (Wildman–Crippen MR) is 88.9 cm³/mol. The largest absolute Gasteiger partial charge is 0.466 e. The Bertz CT molecular complexity index is 610. The van der Waals surface area contributed by atoms with Crippen molar-refractivity contribution in [2.75, 3.05) is 24.6 Å². The Morgan fingerprint density at radius 3 is 2.88 bits per heavy atom. The minimum absolute atomic E-state index is 0.0642. The lowest BCUT2D eigenvalue weighted by Gasteiger charge is -2.34. The summed E-state index contributed by atoms with van der Waals surface area (Å²) in [7, 11) is 0. The van der Waals surface area contributed by atoms with Crippen molar-refractivity contribution in [2.24, 2.45) is 0 Å². The fourth-order valence-corrected chi connectivity index (χ4v) is 3.64. The summed E-state index contributed by atoms with van der Waals surface area (Å²) in [4.78, 5) is 36.6. The number of para-hydroxylation sites is 1. The number of hydrogen-bond acceptors (Lipinski definition) is 6. The maximum atomic E-state index is 12.7. The van der Waals surface area contributed by atoms with Crippen molar-refractivity contribution in [2.45, 2.75) is 29.9 Å². The number of nitrogens with zero attached hydrogens (tertiary/aromatic N) is 2. The lowest BCUT2D eigenvalue weighted by Crippen LogP contribution is -2.45. The lowest BCUT2D eigenvalue weighted by atomic mass is 10.2.